The highest BCUT2D eigenvalue weighted by atomic mass is 32.2. The minimum atomic E-state index is -6.61. The molecule has 20 heavy (non-hydrogen) atoms. The molecule has 5 nitrogen and oxygen atoms in total. The standard InChI is InChI=1S/C8H10F6N3O2S/c1-3-16-5-4-15(2)6(16)17(7(9,10)11)20(18,19)8(12,13)14/h4-5H,3H2,1-2H3/q+1. The van der Waals surface area contributed by atoms with Gasteiger partial charge >= 0.3 is 27.8 Å². The quantitative estimate of drug-likeness (QED) is 0.480. The number of imidazole rings is 1. The minimum absolute atomic E-state index is 0.143. The van der Waals surface area contributed by atoms with Crippen LogP contribution in [0.5, 0.6) is 0 Å². The van der Waals surface area contributed by atoms with Crippen molar-refractivity contribution >= 4 is 16.0 Å². The van der Waals surface area contributed by atoms with Gasteiger partial charge in [-0.05, 0) is 6.92 Å². The van der Waals surface area contributed by atoms with Crippen molar-refractivity contribution in [1.82, 2.24) is 4.57 Å². The molecule has 0 unspecified atom stereocenters. The van der Waals surface area contributed by atoms with Gasteiger partial charge < -0.3 is 0 Å². The molecule has 0 N–H and O–H groups in total. The van der Waals surface area contributed by atoms with Gasteiger partial charge in [-0.15, -0.1) is 13.2 Å². The lowest BCUT2D eigenvalue weighted by atomic mass is 10.7. The Bertz CT molecular complexity index is 588. The normalized spacial score (nSPS) is 13.6. The largest absolute Gasteiger partial charge is 0.554 e. The van der Waals surface area contributed by atoms with Gasteiger partial charge in [-0.3, -0.25) is 0 Å². The van der Waals surface area contributed by atoms with Gasteiger partial charge in [0, 0.05) is 0 Å². The number of hydrogen-bond acceptors (Lipinski definition) is 2. The maximum absolute atomic E-state index is 12.8. The summed E-state index contributed by atoms with van der Waals surface area (Å²) < 4.78 is 97.9. The number of halogens is 6. The van der Waals surface area contributed by atoms with Crippen LogP contribution in [0.3, 0.4) is 0 Å². The second-order valence-corrected chi connectivity index (χ2v) is 5.46. The number of nitrogens with zero attached hydrogens (tertiary/aromatic N) is 3. The summed E-state index contributed by atoms with van der Waals surface area (Å²) in [6.07, 6.45) is -3.69. The zero-order valence-corrected chi connectivity index (χ0v) is 11.0. The minimum Gasteiger partial charge on any atom is -0.237 e. The second kappa shape index (κ2) is 4.82. The lowest BCUT2D eigenvalue weighted by Crippen LogP contribution is -2.54. The molecule has 0 radical (unpaired) electrons. The SMILES string of the molecule is CCn1cc[n+](C)c1N(C(F)(F)F)S(=O)(=O)C(F)(F)F. The Morgan fingerprint density at radius 3 is 2.10 bits per heavy atom. The predicted molar refractivity (Wildman–Crippen MR) is 54.8 cm³/mol. The first-order valence-corrected chi connectivity index (χ1v) is 6.51. The van der Waals surface area contributed by atoms with Crippen LogP contribution < -0.4 is 8.87 Å². The molecule has 1 heterocycles. The third-order valence-electron chi connectivity index (χ3n) is 2.33. The van der Waals surface area contributed by atoms with Crippen LogP contribution in [0.15, 0.2) is 12.4 Å². The molecule has 1 rings (SSSR count). The topological polar surface area (TPSA) is 46.2 Å². The van der Waals surface area contributed by atoms with E-state index in [1.54, 1.807) is 0 Å². The fourth-order valence-corrected chi connectivity index (χ4v) is 2.41. The van der Waals surface area contributed by atoms with E-state index in [-0.39, 0.29) is 6.54 Å². The van der Waals surface area contributed by atoms with Gasteiger partial charge in [0.15, 0.2) is 0 Å². The maximum atomic E-state index is 12.8. The smallest absolute Gasteiger partial charge is 0.237 e. The van der Waals surface area contributed by atoms with Crippen LogP contribution >= 0.6 is 0 Å². The Kier molecular flexibility index (Phi) is 4.00. The lowest BCUT2D eigenvalue weighted by Gasteiger charge is -2.21. The molecule has 0 spiro atoms. The number of aromatic nitrogens is 2. The third-order valence-corrected chi connectivity index (χ3v) is 3.76. The Morgan fingerprint density at radius 2 is 1.75 bits per heavy atom. The van der Waals surface area contributed by atoms with Crippen LogP contribution in [0.1, 0.15) is 6.92 Å². The molecule has 116 valence electrons. The summed E-state index contributed by atoms with van der Waals surface area (Å²) in [7, 11) is -5.60. The van der Waals surface area contributed by atoms with Crippen molar-refractivity contribution in [3.8, 4) is 0 Å². The van der Waals surface area contributed by atoms with Crippen molar-refractivity contribution in [3.63, 3.8) is 0 Å². The summed E-state index contributed by atoms with van der Waals surface area (Å²) in [4.78, 5) is 0. The molecule has 0 atom stereocenters. The number of rotatable bonds is 3. The van der Waals surface area contributed by atoms with Crippen molar-refractivity contribution in [3.05, 3.63) is 12.4 Å². The first-order chi connectivity index (χ1) is 8.84. The van der Waals surface area contributed by atoms with Crippen molar-refractivity contribution in [1.29, 1.82) is 0 Å². The molecule has 0 amide bonds. The number of alkyl halides is 6. The van der Waals surface area contributed by atoms with Gasteiger partial charge in [0.25, 0.3) is 0 Å². The average molecular weight is 326 g/mol. The molecule has 12 heteroatoms. The molecule has 0 aliphatic carbocycles. The molecular weight excluding hydrogens is 316 g/mol. The molecule has 0 bridgehead atoms. The summed E-state index contributed by atoms with van der Waals surface area (Å²) >= 11 is 0. The van der Waals surface area contributed by atoms with Gasteiger partial charge in [-0.2, -0.15) is 21.6 Å². The van der Waals surface area contributed by atoms with Gasteiger partial charge in [-0.25, -0.2) is 9.13 Å². The molecular formula is C8H10F6N3O2S+. The molecule has 0 aromatic carbocycles. The van der Waals surface area contributed by atoms with E-state index in [2.05, 4.69) is 0 Å². The molecule has 0 saturated heterocycles. The Hall–Kier alpha value is -1.46. The number of sulfonamides is 1. The van der Waals surface area contributed by atoms with Crippen LogP contribution in [0.25, 0.3) is 0 Å². The molecule has 0 saturated carbocycles. The summed E-state index contributed by atoms with van der Waals surface area (Å²) in [5, 5.41) is 0. The fourth-order valence-electron chi connectivity index (χ4n) is 1.48. The average Bonchev–Trinajstić information content (AvgIpc) is 2.56. The van der Waals surface area contributed by atoms with Crippen LogP contribution in [0, 0.1) is 0 Å². The monoisotopic (exact) mass is 326 g/mol. The number of aryl methyl sites for hydroxylation is 2. The molecule has 0 aliphatic heterocycles. The lowest BCUT2D eigenvalue weighted by molar-refractivity contribution is -0.658. The van der Waals surface area contributed by atoms with E-state index < -0.39 is 32.1 Å². The summed E-state index contributed by atoms with van der Waals surface area (Å²) in [6, 6.07) is 0. The Labute approximate surface area is 110 Å². The van der Waals surface area contributed by atoms with E-state index in [0.29, 0.717) is 4.57 Å². The van der Waals surface area contributed by atoms with E-state index in [1.807, 2.05) is 0 Å². The number of hydrogen-bond donors (Lipinski definition) is 0. The number of anilines is 1. The zero-order valence-electron chi connectivity index (χ0n) is 10.2. The highest BCUT2D eigenvalue weighted by molar-refractivity contribution is 7.93. The molecule has 1 aromatic heterocycles. The Morgan fingerprint density at radius 1 is 1.25 bits per heavy atom. The van der Waals surface area contributed by atoms with Crippen molar-refractivity contribution < 1.29 is 39.3 Å². The van der Waals surface area contributed by atoms with Crippen LogP contribution in [-0.4, -0.2) is 24.8 Å². The van der Waals surface area contributed by atoms with Crippen LogP contribution in [-0.2, 0) is 23.6 Å². The first kappa shape index (κ1) is 16.6. The summed E-state index contributed by atoms with van der Waals surface area (Å²) in [5.41, 5.74) is -6.07. The van der Waals surface area contributed by atoms with Crippen LogP contribution in [0.4, 0.5) is 32.3 Å². The van der Waals surface area contributed by atoms with Crippen molar-refractivity contribution in [2.45, 2.75) is 25.3 Å². The first-order valence-electron chi connectivity index (χ1n) is 5.07. The van der Waals surface area contributed by atoms with Gasteiger partial charge in [-0.1, -0.05) is 4.31 Å². The van der Waals surface area contributed by atoms with Gasteiger partial charge in [0.2, 0.25) is 0 Å². The van der Waals surface area contributed by atoms with Gasteiger partial charge in [0.05, 0.1) is 26.0 Å². The van der Waals surface area contributed by atoms with E-state index in [9.17, 15) is 34.8 Å². The molecule has 0 aliphatic rings. The summed E-state index contributed by atoms with van der Waals surface area (Å²) in [6.45, 7) is 1.22. The highest BCUT2D eigenvalue weighted by Gasteiger charge is 2.65. The van der Waals surface area contributed by atoms with E-state index in [0.717, 1.165) is 24.0 Å². The molecule has 1 aromatic rings. The van der Waals surface area contributed by atoms with Crippen molar-refractivity contribution in [2.24, 2.45) is 7.05 Å². The van der Waals surface area contributed by atoms with Crippen LogP contribution in [0.2, 0.25) is 0 Å². The fraction of sp³-hybridized carbons (Fsp3) is 0.625. The van der Waals surface area contributed by atoms with Crippen molar-refractivity contribution in [2.75, 3.05) is 4.31 Å². The summed E-state index contributed by atoms with van der Waals surface area (Å²) in [5.74, 6) is -1.16. The molecule has 0 fully saturated rings. The van der Waals surface area contributed by atoms with E-state index >= 15 is 0 Å². The maximum Gasteiger partial charge on any atom is 0.554 e. The second-order valence-electron chi connectivity index (χ2n) is 3.68. The highest BCUT2D eigenvalue weighted by Crippen LogP contribution is 2.37. The predicted octanol–water partition coefficient (Wildman–Crippen LogP) is 1.51. The van der Waals surface area contributed by atoms with E-state index in [4.69, 9.17) is 0 Å². The Balaban J connectivity index is 3.63. The third kappa shape index (κ3) is 2.69. The van der Waals surface area contributed by atoms with E-state index in [1.165, 1.54) is 6.92 Å². The zero-order chi connectivity index (χ0) is 15.9. The van der Waals surface area contributed by atoms with Gasteiger partial charge in [0.1, 0.15) is 0 Å².